The van der Waals surface area contributed by atoms with Crippen LogP contribution >= 0.6 is 0 Å². The standard InChI is InChI=1S/C19H28N2/c1-2-18-13-21(12-17-10-14-7-8-15(17)9-14)19-6-4-3-5-16(19)11-20-18/h3-6,14-15,17-18,20H,2,7-13H2,1H3. The first kappa shape index (κ1) is 13.6. The van der Waals surface area contributed by atoms with E-state index < -0.39 is 0 Å². The lowest BCUT2D eigenvalue weighted by Crippen LogP contribution is -2.40. The van der Waals surface area contributed by atoms with E-state index in [1.807, 2.05) is 0 Å². The first-order chi connectivity index (χ1) is 10.3. The van der Waals surface area contributed by atoms with Gasteiger partial charge < -0.3 is 10.2 Å². The van der Waals surface area contributed by atoms with Gasteiger partial charge in [-0.15, -0.1) is 0 Å². The quantitative estimate of drug-likeness (QED) is 0.908. The van der Waals surface area contributed by atoms with Crippen molar-refractivity contribution in [1.29, 1.82) is 0 Å². The van der Waals surface area contributed by atoms with Gasteiger partial charge in [0.2, 0.25) is 0 Å². The monoisotopic (exact) mass is 284 g/mol. The Hall–Kier alpha value is -1.02. The predicted molar refractivity (Wildman–Crippen MR) is 88.5 cm³/mol. The average Bonchev–Trinajstić information content (AvgIpc) is 3.08. The molecule has 2 saturated carbocycles. The van der Waals surface area contributed by atoms with Gasteiger partial charge in [-0.1, -0.05) is 31.5 Å². The summed E-state index contributed by atoms with van der Waals surface area (Å²) in [6, 6.07) is 9.66. The fourth-order valence-corrected chi connectivity index (χ4v) is 4.98. The second kappa shape index (κ2) is 5.64. The van der Waals surface area contributed by atoms with Crippen molar-refractivity contribution in [3.8, 4) is 0 Å². The van der Waals surface area contributed by atoms with Crippen molar-refractivity contribution in [2.24, 2.45) is 17.8 Å². The molecule has 1 aliphatic heterocycles. The number of benzene rings is 1. The summed E-state index contributed by atoms with van der Waals surface area (Å²) in [5, 5.41) is 3.73. The van der Waals surface area contributed by atoms with E-state index in [4.69, 9.17) is 0 Å². The highest BCUT2D eigenvalue weighted by atomic mass is 15.2. The van der Waals surface area contributed by atoms with E-state index in [1.165, 1.54) is 56.4 Å². The molecule has 0 spiro atoms. The molecule has 3 aliphatic rings. The summed E-state index contributed by atoms with van der Waals surface area (Å²) in [7, 11) is 0. The van der Waals surface area contributed by atoms with Crippen LogP contribution in [0.5, 0.6) is 0 Å². The van der Waals surface area contributed by atoms with Crippen molar-refractivity contribution >= 4 is 5.69 Å². The fourth-order valence-electron chi connectivity index (χ4n) is 4.98. The Labute approximate surface area is 128 Å². The Bertz CT molecular complexity index is 498. The van der Waals surface area contributed by atoms with Gasteiger partial charge in [0.1, 0.15) is 0 Å². The number of nitrogens with one attached hydrogen (secondary N) is 1. The van der Waals surface area contributed by atoms with Crippen molar-refractivity contribution in [3.63, 3.8) is 0 Å². The highest BCUT2D eigenvalue weighted by molar-refractivity contribution is 5.54. The molecule has 0 radical (unpaired) electrons. The second-order valence-electron chi connectivity index (χ2n) is 7.45. The molecule has 4 rings (SSSR count). The Balaban J connectivity index is 1.56. The largest absolute Gasteiger partial charge is 0.369 e. The minimum absolute atomic E-state index is 0.635. The lowest BCUT2D eigenvalue weighted by molar-refractivity contribution is 0.330. The second-order valence-corrected chi connectivity index (χ2v) is 7.45. The molecule has 4 atom stereocenters. The van der Waals surface area contributed by atoms with Gasteiger partial charge >= 0.3 is 0 Å². The van der Waals surface area contributed by atoms with Crippen molar-refractivity contribution in [2.45, 2.75) is 51.6 Å². The van der Waals surface area contributed by atoms with E-state index in [-0.39, 0.29) is 0 Å². The number of fused-ring (bicyclic) bond motifs is 3. The van der Waals surface area contributed by atoms with Crippen molar-refractivity contribution in [3.05, 3.63) is 29.8 Å². The summed E-state index contributed by atoms with van der Waals surface area (Å²) in [5.74, 6) is 3.04. The van der Waals surface area contributed by atoms with E-state index in [0.717, 1.165) is 24.3 Å². The summed E-state index contributed by atoms with van der Waals surface area (Å²) in [5.41, 5.74) is 2.97. The van der Waals surface area contributed by atoms with Crippen LogP contribution in [0, 0.1) is 17.8 Å². The van der Waals surface area contributed by atoms with E-state index in [2.05, 4.69) is 41.4 Å². The highest BCUT2D eigenvalue weighted by Gasteiger charge is 2.40. The molecule has 1 aromatic rings. The number of para-hydroxylation sites is 1. The number of anilines is 1. The molecule has 0 saturated heterocycles. The van der Waals surface area contributed by atoms with E-state index >= 15 is 0 Å². The molecule has 21 heavy (non-hydrogen) atoms. The van der Waals surface area contributed by atoms with Crippen LogP contribution in [0.4, 0.5) is 5.69 Å². The maximum Gasteiger partial charge on any atom is 0.0412 e. The van der Waals surface area contributed by atoms with Gasteiger partial charge in [0, 0.05) is 31.4 Å². The Morgan fingerprint density at radius 3 is 2.86 bits per heavy atom. The first-order valence-corrected chi connectivity index (χ1v) is 8.89. The molecule has 0 amide bonds. The molecule has 114 valence electrons. The van der Waals surface area contributed by atoms with Crippen LogP contribution in [0.3, 0.4) is 0 Å². The van der Waals surface area contributed by atoms with Crippen LogP contribution in [0.2, 0.25) is 0 Å². The van der Waals surface area contributed by atoms with Crippen molar-refractivity contribution in [2.75, 3.05) is 18.0 Å². The van der Waals surface area contributed by atoms with Gasteiger partial charge in [-0.25, -0.2) is 0 Å². The van der Waals surface area contributed by atoms with Crippen molar-refractivity contribution in [1.82, 2.24) is 5.32 Å². The van der Waals surface area contributed by atoms with Crippen LogP contribution in [-0.2, 0) is 6.54 Å². The molecular weight excluding hydrogens is 256 g/mol. The zero-order chi connectivity index (χ0) is 14.2. The molecule has 1 N–H and O–H groups in total. The summed E-state index contributed by atoms with van der Waals surface area (Å²) in [6.45, 7) is 5.81. The van der Waals surface area contributed by atoms with Gasteiger partial charge in [0.15, 0.2) is 0 Å². The minimum atomic E-state index is 0.635. The summed E-state index contributed by atoms with van der Waals surface area (Å²) in [6.07, 6.45) is 7.25. The lowest BCUT2D eigenvalue weighted by atomic mass is 9.88. The summed E-state index contributed by atoms with van der Waals surface area (Å²) >= 11 is 0. The molecular formula is C19H28N2. The number of nitrogens with zero attached hydrogens (tertiary/aromatic N) is 1. The molecule has 1 heterocycles. The van der Waals surface area contributed by atoms with E-state index in [9.17, 15) is 0 Å². The summed E-state index contributed by atoms with van der Waals surface area (Å²) in [4.78, 5) is 2.70. The van der Waals surface area contributed by atoms with Gasteiger partial charge in [-0.3, -0.25) is 0 Å². The molecule has 4 unspecified atom stereocenters. The maximum atomic E-state index is 3.73. The highest BCUT2D eigenvalue weighted by Crippen LogP contribution is 2.48. The number of hydrogen-bond acceptors (Lipinski definition) is 2. The molecule has 2 nitrogen and oxygen atoms in total. The average molecular weight is 284 g/mol. The topological polar surface area (TPSA) is 15.3 Å². The van der Waals surface area contributed by atoms with Gasteiger partial charge in [-0.05, 0) is 55.1 Å². The first-order valence-electron chi connectivity index (χ1n) is 8.89. The molecule has 2 fully saturated rings. The zero-order valence-corrected chi connectivity index (χ0v) is 13.2. The number of rotatable bonds is 3. The van der Waals surface area contributed by atoms with Gasteiger partial charge in [0.05, 0.1) is 0 Å². The van der Waals surface area contributed by atoms with Gasteiger partial charge in [-0.2, -0.15) is 0 Å². The number of hydrogen-bond donors (Lipinski definition) is 1. The van der Waals surface area contributed by atoms with Crippen LogP contribution in [-0.4, -0.2) is 19.1 Å². The summed E-state index contributed by atoms with van der Waals surface area (Å²) < 4.78 is 0. The third kappa shape index (κ3) is 2.59. The Morgan fingerprint density at radius 1 is 1.19 bits per heavy atom. The predicted octanol–water partition coefficient (Wildman–Crippen LogP) is 3.81. The third-order valence-corrected chi connectivity index (χ3v) is 6.19. The molecule has 2 bridgehead atoms. The van der Waals surface area contributed by atoms with Crippen LogP contribution in [0.25, 0.3) is 0 Å². The SMILES string of the molecule is CCC1CN(CC2CC3CCC2C3)c2ccccc2CN1. The molecule has 2 aliphatic carbocycles. The third-order valence-electron chi connectivity index (χ3n) is 6.19. The normalized spacial score (nSPS) is 34.8. The Kier molecular flexibility index (Phi) is 3.66. The smallest absolute Gasteiger partial charge is 0.0412 e. The van der Waals surface area contributed by atoms with E-state index in [1.54, 1.807) is 0 Å². The van der Waals surface area contributed by atoms with Crippen molar-refractivity contribution < 1.29 is 0 Å². The van der Waals surface area contributed by atoms with Crippen LogP contribution in [0.1, 0.15) is 44.6 Å². The minimum Gasteiger partial charge on any atom is -0.369 e. The lowest BCUT2D eigenvalue weighted by Gasteiger charge is -2.33. The van der Waals surface area contributed by atoms with E-state index in [0.29, 0.717) is 6.04 Å². The molecule has 1 aromatic carbocycles. The van der Waals surface area contributed by atoms with Crippen LogP contribution in [0.15, 0.2) is 24.3 Å². The molecule has 0 aromatic heterocycles. The Morgan fingerprint density at radius 2 is 2.10 bits per heavy atom. The molecule has 2 heteroatoms. The van der Waals surface area contributed by atoms with Crippen LogP contribution < -0.4 is 10.2 Å². The fraction of sp³-hybridized carbons (Fsp3) is 0.684. The zero-order valence-electron chi connectivity index (χ0n) is 13.2. The maximum absolute atomic E-state index is 3.73. The van der Waals surface area contributed by atoms with Gasteiger partial charge in [0.25, 0.3) is 0 Å².